The Morgan fingerprint density at radius 1 is 1.35 bits per heavy atom. The highest BCUT2D eigenvalue weighted by molar-refractivity contribution is 9.10. The van der Waals surface area contributed by atoms with Crippen LogP contribution in [-0.2, 0) is 6.54 Å². The smallest absolute Gasteiger partial charge is 0.237 e. The highest BCUT2D eigenvalue weighted by Gasteiger charge is 2.07. The lowest BCUT2D eigenvalue weighted by atomic mass is 10.2. The Balaban J connectivity index is 2.12. The molecule has 20 heavy (non-hydrogen) atoms. The van der Waals surface area contributed by atoms with Gasteiger partial charge in [-0.15, -0.1) is 0 Å². The van der Waals surface area contributed by atoms with E-state index in [-0.39, 0.29) is 6.10 Å². The van der Waals surface area contributed by atoms with E-state index in [2.05, 4.69) is 26.2 Å². The van der Waals surface area contributed by atoms with E-state index in [1.165, 1.54) is 0 Å². The zero-order chi connectivity index (χ0) is 14.5. The molecule has 1 heterocycles. The summed E-state index contributed by atoms with van der Waals surface area (Å²) in [6.07, 6.45) is 1.80. The molecular formula is C15H16BrClN2O. The van der Waals surface area contributed by atoms with Crippen LogP contribution < -0.4 is 10.1 Å². The summed E-state index contributed by atoms with van der Waals surface area (Å²) in [5.41, 5.74) is 1.87. The van der Waals surface area contributed by atoms with Crippen LogP contribution >= 0.6 is 27.5 Å². The van der Waals surface area contributed by atoms with E-state index in [1.807, 2.05) is 44.2 Å². The van der Waals surface area contributed by atoms with Crippen LogP contribution in [0.3, 0.4) is 0 Å². The molecule has 1 aromatic heterocycles. The molecule has 0 aliphatic carbocycles. The Labute approximate surface area is 132 Å². The molecule has 0 radical (unpaired) electrons. The van der Waals surface area contributed by atoms with Gasteiger partial charge in [-0.2, -0.15) is 0 Å². The number of benzene rings is 1. The third-order valence-corrected chi connectivity index (χ3v) is 3.46. The van der Waals surface area contributed by atoms with Gasteiger partial charge in [0.15, 0.2) is 0 Å². The fourth-order valence-corrected chi connectivity index (χ4v) is 2.30. The standard InChI is InChI=1S/C15H16BrClN2O/c1-10(2)20-15-14(4-3-7-18-15)19-9-11-8-12(16)5-6-13(11)17/h3-8,10,19H,9H2,1-2H3. The molecule has 5 heteroatoms. The Morgan fingerprint density at radius 2 is 2.15 bits per heavy atom. The molecule has 0 bridgehead atoms. The van der Waals surface area contributed by atoms with Crippen molar-refractivity contribution in [1.82, 2.24) is 4.98 Å². The highest BCUT2D eigenvalue weighted by Crippen LogP contribution is 2.25. The third-order valence-electron chi connectivity index (χ3n) is 2.60. The molecule has 0 saturated carbocycles. The predicted octanol–water partition coefficient (Wildman–Crippen LogP) is 4.90. The number of hydrogen-bond acceptors (Lipinski definition) is 3. The first-order valence-electron chi connectivity index (χ1n) is 6.35. The average molecular weight is 356 g/mol. The maximum atomic E-state index is 6.18. The zero-order valence-corrected chi connectivity index (χ0v) is 13.7. The Kier molecular flexibility index (Phi) is 5.26. The molecule has 2 rings (SSSR count). The van der Waals surface area contributed by atoms with Crippen LogP contribution in [0.4, 0.5) is 5.69 Å². The van der Waals surface area contributed by atoms with Crippen LogP contribution in [0.2, 0.25) is 5.02 Å². The molecular weight excluding hydrogens is 340 g/mol. The number of nitrogens with one attached hydrogen (secondary N) is 1. The first kappa shape index (κ1) is 15.1. The number of ether oxygens (including phenoxy) is 1. The molecule has 0 saturated heterocycles. The van der Waals surface area contributed by atoms with Crippen molar-refractivity contribution in [3.05, 3.63) is 51.6 Å². The summed E-state index contributed by atoms with van der Waals surface area (Å²) in [5.74, 6) is 0.605. The predicted molar refractivity (Wildman–Crippen MR) is 86.5 cm³/mol. The minimum atomic E-state index is 0.0832. The van der Waals surface area contributed by atoms with Gasteiger partial charge in [-0.25, -0.2) is 4.98 Å². The highest BCUT2D eigenvalue weighted by atomic mass is 79.9. The first-order chi connectivity index (χ1) is 9.56. The molecule has 1 N–H and O–H groups in total. The summed E-state index contributed by atoms with van der Waals surface area (Å²) in [7, 11) is 0. The van der Waals surface area contributed by atoms with Gasteiger partial charge in [-0.1, -0.05) is 27.5 Å². The van der Waals surface area contributed by atoms with Crippen molar-refractivity contribution >= 4 is 33.2 Å². The maximum Gasteiger partial charge on any atom is 0.237 e. The number of halogens is 2. The van der Waals surface area contributed by atoms with Gasteiger partial charge < -0.3 is 10.1 Å². The molecule has 0 aliphatic rings. The second kappa shape index (κ2) is 6.95. The van der Waals surface area contributed by atoms with Crippen molar-refractivity contribution in [1.29, 1.82) is 0 Å². The minimum Gasteiger partial charge on any atom is -0.473 e. The summed E-state index contributed by atoms with van der Waals surface area (Å²) in [6, 6.07) is 9.60. The molecule has 106 valence electrons. The van der Waals surface area contributed by atoms with Gasteiger partial charge in [0, 0.05) is 22.2 Å². The first-order valence-corrected chi connectivity index (χ1v) is 7.53. The lowest BCUT2D eigenvalue weighted by Gasteiger charge is -2.14. The number of pyridine rings is 1. The number of rotatable bonds is 5. The number of anilines is 1. The molecule has 0 aliphatic heterocycles. The van der Waals surface area contributed by atoms with Crippen LogP contribution in [-0.4, -0.2) is 11.1 Å². The monoisotopic (exact) mass is 354 g/mol. The van der Waals surface area contributed by atoms with Crippen molar-refractivity contribution in [2.45, 2.75) is 26.5 Å². The van der Waals surface area contributed by atoms with Gasteiger partial charge in [0.05, 0.1) is 11.8 Å². The lowest BCUT2D eigenvalue weighted by molar-refractivity contribution is 0.234. The van der Waals surface area contributed by atoms with E-state index < -0.39 is 0 Å². The minimum absolute atomic E-state index is 0.0832. The molecule has 0 spiro atoms. The molecule has 3 nitrogen and oxygen atoms in total. The SMILES string of the molecule is CC(C)Oc1ncccc1NCc1cc(Br)ccc1Cl. The van der Waals surface area contributed by atoms with Gasteiger partial charge in [-0.3, -0.25) is 0 Å². The lowest BCUT2D eigenvalue weighted by Crippen LogP contribution is -2.10. The van der Waals surface area contributed by atoms with Gasteiger partial charge in [0.2, 0.25) is 5.88 Å². The van der Waals surface area contributed by atoms with Crippen LogP contribution in [0, 0.1) is 0 Å². The van der Waals surface area contributed by atoms with Crippen LogP contribution in [0.5, 0.6) is 5.88 Å². The summed E-state index contributed by atoms with van der Waals surface area (Å²) >= 11 is 9.63. The molecule has 0 unspecified atom stereocenters. The summed E-state index contributed by atoms with van der Waals surface area (Å²) in [4.78, 5) is 4.24. The molecule has 0 atom stereocenters. The second-order valence-corrected chi connectivity index (χ2v) is 5.93. The second-order valence-electron chi connectivity index (χ2n) is 4.61. The van der Waals surface area contributed by atoms with E-state index in [4.69, 9.17) is 16.3 Å². The summed E-state index contributed by atoms with van der Waals surface area (Å²) in [6.45, 7) is 4.56. The zero-order valence-electron chi connectivity index (χ0n) is 11.4. The van der Waals surface area contributed by atoms with Crippen LogP contribution in [0.1, 0.15) is 19.4 Å². The molecule has 0 amide bonds. The van der Waals surface area contributed by atoms with Crippen LogP contribution in [0.25, 0.3) is 0 Å². The van der Waals surface area contributed by atoms with Gasteiger partial charge in [0.25, 0.3) is 0 Å². The largest absolute Gasteiger partial charge is 0.473 e. The molecule has 2 aromatic rings. The normalized spacial score (nSPS) is 10.7. The molecule has 0 fully saturated rings. The number of hydrogen-bond donors (Lipinski definition) is 1. The van der Waals surface area contributed by atoms with E-state index >= 15 is 0 Å². The van der Waals surface area contributed by atoms with Crippen molar-refractivity contribution in [2.75, 3.05) is 5.32 Å². The fourth-order valence-electron chi connectivity index (χ4n) is 1.71. The van der Waals surface area contributed by atoms with E-state index in [9.17, 15) is 0 Å². The van der Waals surface area contributed by atoms with Gasteiger partial charge >= 0.3 is 0 Å². The third kappa shape index (κ3) is 4.12. The Morgan fingerprint density at radius 3 is 2.90 bits per heavy atom. The van der Waals surface area contributed by atoms with Crippen LogP contribution in [0.15, 0.2) is 41.0 Å². The van der Waals surface area contributed by atoms with Gasteiger partial charge in [0.1, 0.15) is 0 Å². The number of nitrogens with zero attached hydrogens (tertiary/aromatic N) is 1. The number of aromatic nitrogens is 1. The molecule has 1 aromatic carbocycles. The van der Waals surface area contributed by atoms with E-state index in [0.717, 1.165) is 20.7 Å². The van der Waals surface area contributed by atoms with E-state index in [1.54, 1.807) is 6.20 Å². The topological polar surface area (TPSA) is 34.1 Å². The Bertz CT molecular complexity index is 590. The Hall–Kier alpha value is -1.26. The van der Waals surface area contributed by atoms with Crippen molar-refractivity contribution in [3.63, 3.8) is 0 Å². The summed E-state index contributed by atoms with van der Waals surface area (Å²) < 4.78 is 6.68. The fraction of sp³-hybridized carbons (Fsp3) is 0.267. The quantitative estimate of drug-likeness (QED) is 0.828. The van der Waals surface area contributed by atoms with E-state index in [0.29, 0.717) is 12.4 Å². The van der Waals surface area contributed by atoms with Gasteiger partial charge in [-0.05, 0) is 49.7 Å². The maximum absolute atomic E-state index is 6.18. The van der Waals surface area contributed by atoms with Crippen molar-refractivity contribution < 1.29 is 4.74 Å². The van der Waals surface area contributed by atoms with Crippen molar-refractivity contribution in [2.24, 2.45) is 0 Å². The summed E-state index contributed by atoms with van der Waals surface area (Å²) in [5, 5.41) is 4.04. The average Bonchev–Trinajstić information content (AvgIpc) is 2.41. The van der Waals surface area contributed by atoms with Crippen molar-refractivity contribution in [3.8, 4) is 5.88 Å².